The minimum Gasteiger partial charge on any atom is -0.497 e. The molecule has 1 saturated heterocycles. The van der Waals surface area contributed by atoms with Crippen molar-refractivity contribution in [2.45, 2.75) is 18.3 Å². The molecule has 0 N–H and O–H groups in total. The minimum atomic E-state index is -2.11. The number of methoxy groups -OCH3 is 1. The molecule has 1 fully saturated rings. The molecule has 136 valence electrons. The highest BCUT2D eigenvalue weighted by Gasteiger charge is 2.63. The first kappa shape index (κ1) is 17.3. The Kier molecular flexibility index (Phi) is 4.40. The molecule has 27 heavy (non-hydrogen) atoms. The summed E-state index contributed by atoms with van der Waals surface area (Å²) in [5.41, 5.74) is -0.0344. The number of halogens is 1. The van der Waals surface area contributed by atoms with E-state index in [9.17, 15) is 4.79 Å². The molecule has 0 bridgehead atoms. The predicted octanol–water partition coefficient (Wildman–Crippen LogP) is 4.64. The first-order chi connectivity index (χ1) is 13.1. The lowest BCUT2D eigenvalue weighted by Gasteiger charge is -2.51. The maximum atomic E-state index is 16.2. The fraction of sp³-hybridized carbons (Fsp3) is 0.174. The van der Waals surface area contributed by atoms with Gasteiger partial charge in [0.2, 0.25) is 5.67 Å². The van der Waals surface area contributed by atoms with Gasteiger partial charge >= 0.3 is 0 Å². The third-order valence-electron chi connectivity index (χ3n) is 5.06. The molecule has 4 heteroatoms. The van der Waals surface area contributed by atoms with Crippen LogP contribution in [0.4, 0.5) is 4.39 Å². The molecule has 0 aromatic heterocycles. The van der Waals surface area contributed by atoms with Gasteiger partial charge in [-0.05, 0) is 23.3 Å². The molecule has 1 aliphatic heterocycles. The van der Waals surface area contributed by atoms with Gasteiger partial charge in [-0.25, -0.2) is 4.39 Å². The van der Waals surface area contributed by atoms with Crippen molar-refractivity contribution in [3.8, 4) is 5.75 Å². The van der Waals surface area contributed by atoms with Crippen molar-refractivity contribution in [2.24, 2.45) is 0 Å². The van der Waals surface area contributed by atoms with Crippen molar-refractivity contribution in [2.75, 3.05) is 7.11 Å². The maximum absolute atomic E-state index is 16.2. The molecule has 0 aliphatic carbocycles. The van der Waals surface area contributed by atoms with Crippen LogP contribution in [-0.2, 0) is 17.0 Å². The fourth-order valence-corrected chi connectivity index (χ4v) is 3.71. The molecule has 3 nitrogen and oxygen atoms in total. The standard InChI is InChI=1S/C23H20FNO2/c1-27-20-14-8-13-19(15-20)23(24)21(18-11-6-3-7-12-18)25(22(23)26)16-17-9-4-2-5-10-17/h2-15,21H,16H2,1H3/t21-,23+/m1/s1. The summed E-state index contributed by atoms with van der Waals surface area (Å²) >= 11 is 0. The van der Waals surface area contributed by atoms with Crippen LogP contribution >= 0.6 is 0 Å². The lowest BCUT2D eigenvalue weighted by molar-refractivity contribution is -0.181. The van der Waals surface area contributed by atoms with Crippen molar-refractivity contribution in [1.82, 2.24) is 4.90 Å². The average molecular weight is 361 g/mol. The van der Waals surface area contributed by atoms with E-state index in [0.29, 0.717) is 17.9 Å². The van der Waals surface area contributed by atoms with Crippen molar-refractivity contribution < 1.29 is 13.9 Å². The number of amides is 1. The third-order valence-corrected chi connectivity index (χ3v) is 5.06. The Balaban J connectivity index is 1.75. The minimum absolute atomic E-state index is 0.324. The van der Waals surface area contributed by atoms with Crippen LogP contribution in [0.2, 0.25) is 0 Å². The highest BCUT2D eigenvalue weighted by molar-refractivity contribution is 5.94. The van der Waals surface area contributed by atoms with E-state index in [4.69, 9.17) is 4.74 Å². The van der Waals surface area contributed by atoms with E-state index < -0.39 is 17.6 Å². The molecule has 4 rings (SSSR count). The van der Waals surface area contributed by atoms with Crippen LogP contribution in [0.5, 0.6) is 5.75 Å². The van der Waals surface area contributed by atoms with E-state index >= 15 is 4.39 Å². The van der Waals surface area contributed by atoms with Crippen molar-refractivity contribution in [1.29, 1.82) is 0 Å². The normalized spacial score (nSPS) is 21.6. The van der Waals surface area contributed by atoms with E-state index in [2.05, 4.69) is 0 Å². The number of carbonyl (C=O) groups is 1. The molecule has 2 atom stereocenters. The summed E-state index contributed by atoms with van der Waals surface area (Å²) in [6.45, 7) is 0.370. The third kappa shape index (κ3) is 2.87. The van der Waals surface area contributed by atoms with E-state index in [-0.39, 0.29) is 0 Å². The van der Waals surface area contributed by atoms with Crippen LogP contribution in [0, 0.1) is 0 Å². The molecule has 0 unspecified atom stereocenters. The summed E-state index contributed by atoms with van der Waals surface area (Å²) < 4.78 is 21.4. The van der Waals surface area contributed by atoms with Crippen molar-refractivity contribution in [3.05, 3.63) is 102 Å². The van der Waals surface area contributed by atoms with Crippen molar-refractivity contribution in [3.63, 3.8) is 0 Å². The van der Waals surface area contributed by atoms with Gasteiger partial charge in [-0.1, -0.05) is 72.8 Å². The predicted molar refractivity (Wildman–Crippen MR) is 102 cm³/mol. The number of hydrogen-bond donors (Lipinski definition) is 0. The number of carbonyl (C=O) groups excluding carboxylic acids is 1. The van der Waals surface area contributed by atoms with Gasteiger partial charge < -0.3 is 9.64 Å². The number of benzene rings is 3. The van der Waals surface area contributed by atoms with Gasteiger partial charge in [-0.3, -0.25) is 4.79 Å². The van der Waals surface area contributed by atoms with Crippen molar-refractivity contribution >= 4 is 5.91 Å². The lowest BCUT2D eigenvalue weighted by atomic mass is 9.74. The first-order valence-corrected chi connectivity index (χ1v) is 8.88. The highest BCUT2D eigenvalue weighted by Crippen LogP contribution is 2.53. The second kappa shape index (κ2) is 6.88. The van der Waals surface area contributed by atoms with Gasteiger partial charge in [-0.2, -0.15) is 0 Å². The largest absolute Gasteiger partial charge is 0.497 e. The summed E-state index contributed by atoms with van der Waals surface area (Å²) in [7, 11) is 1.53. The van der Waals surface area contributed by atoms with Gasteiger partial charge in [0.15, 0.2) is 0 Å². The number of likely N-dealkylation sites (tertiary alicyclic amines) is 1. The topological polar surface area (TPSA) is 29.5 Å². The van der Waals surface area contributed by atoms with Crippen LogP contribution in [-0.4, -0.2) is 17.9 Å². The second-order valence-electron chi connectivity index (χ2n) is 6.68. The summed E-state index contributed by atoms with van der Waals surface area (Å²) in [4.78, 5) is 14.6. The Bertz CT molecular complexity index is 945. The molecule has 0 radical (unpaired) electrons. The number of β-lactam (4-membered cyclic amide) rings is 1. The zero-order chi connectivity index (χ0) is 18.9. The van der Waals surface area contributed by atoms with E-state index in [0.717, 1.165) is 11.1 Å². The zero-order valence-electron chi connectivity index (χ0n) is 15.0. The number of alkyl halides is 1. The Morgan fingerprint density at radius 3 is 2.30 bits per heavy atom. The molecule has 3 aromatic rings. The molecule has 3 aromatic carbocycles. The second-order valence-corrected chi connectivity index (χ2v) is 6.68. The van der Waals surface area contributed by atoms with Crippen LogP contribution in [0.1, 0.15) is 22.7 Å². The van der Waals surface area contributed by atoms with Gasteiger partial charge in [0.1, 0.15) is 11.8 Å². The van der Waals surface area contributed by atoms with Crippen LogP contribution < -0.4 is 4.74 Å². The Hall–Kier alpha value is -3.14. The molecule has 1 heterocycles. The lowest BCUT2D eigenvalue weighted by Crippen LogP contribution is -2.63. The van der Waals surface area contributed by atoms with E-state index in [1.807, 2.05) is 60.7 Å². The average Bonchev–Trinajstić information content (AvgIpc) is 2.74. The fourth-order valence-electron chi connectivity index (χ4n) is 3.71. The smallest absolute Gasteiger partial charge is 0.268 e. The van der Waals surface area contributed by atoms with Crippen LogP contribution in [0.3, 0.4) is 0 Å². The summed E-state index contributed by atoms with van der Waals surface area (Å²) in [5, 5.41) is 0. The number of nitrogens with zero attached hydrogens (tertiary/aromatic N) is 1. The van der Waals surface area contributed by atoms with Gasteiger partial charge in [-0.15, -0.1) is 0 Å². The van der Waals surface area contributed by atoms with Crippen LogP contribution in [0.15, 0.2) is 84.9 Å². The first-order valence-electron chi connectivity index (χ1n) is 8.88. The van der Waals surface area contributed by atoms with Gasteiger partial charge in [0.25, 0.3) is 5.91 Å². The van der Waals surface area contributed by atoms with E-state index in [1.165, 1.54) is 7.11 Å². The number of ether oxygens (including phenoxy) is 1. The zero-order valence-corrected chi connectivity index (χ0v) is 15.0. The molecule has 1 aliphatic rings. The molecular weight excluding hydrogens is 341 g/mol. The quantitative estimate of drug-likeness (QED) is 0.620. The molecular formula is C23H20FNO2. The Morgan fingerprint density at radius 2 is 1.63 bits per heavy atom. The summed E-state index contributed by atoms with van der Waals surface area (Å²) in [6.07, 6.45) is 0. The van der Waals surface area contributed by atoms with Gasteiger partial charge in [0, 0.05) is 12.1 Å². The Morgan fingerprint density at radius 1 is 0.963 bits per heavy atom. The SMILES string of the molecule is COc1cccc([C@@]2(F)C(=O)N(Cc3ccccc3)[C@@H]2c2ccccc2)c1. The van der Waals surface area contributed by atoms with Crippen LogP contribution in [0.25, 0.3) is 0 Å². The molecule has 1 amide bonds. The summed E-state index contributed by atoms with van der Waals surface area (Å²) in [6, 6.07) is 25.0. The Labute approximate surface area is 158 Å². The van der Waals surface area contributed by atoms with Gasteiger partial charge in [0.05, 0.1) is 7.11 Å². The monoisotopic (exact) mass is 361 g/mol. The maximum Gasteiger partial charge on any atom is 0.268 e. The number of rotatable bonds is 5. The summed E-state index contributed by atoms with van der Waals surface area (Å²) in [5.74, 6) is 0.0131. The van der Waals surface area contributed by atoms with E-state index in [1.54, 1.807) is 29.2 Å². The molecule has 0 spiro atoms. The highest BCUT2D eigenvalue weighted by atomic mass is 19.1. The number of hydrogen-bond acceptors (Lipinski definition) is 2. The molecule has 0 saturated carbocycles.